The Hall–Kier alpha value is -2.76. The van der Waals surface area contributed by atoms with E-state index in [2.05, 4.69) is 11.8 Å². The quantitative estimate of drug-likeness (QED) is 0.168. The number of cyclic esters (lactones) is 1. The third-order valence-corrected chi connectivity index (χ3v) is 6.88. The van der Waals surface area contributed by atoms with E-state index in [0.717, 1.165) is 61.3 Å². The molecule has 1 unspecified atom stereocenters. The Balaban J connectivity index is 1.13. The number of carbonyl (C=O) groups is 2. The molecule has 2 N–H and O–H groups in total. The maximum atomic E-state index is 11.8. The molecule has 1 aliphatic rings. The highest BCUT2D eigenvalue weighted by molar-refractivity contribution is 5.84. The number of aliphatic hydroxyl groups excluding tert-OH is 2. The van der Waals surface area contributed by atoms with Crippen molar-refractivity contribution in [1.82, 2.24) is 0 Å². The highest BCUT2D eigenvalue weighted by Crippen LogP contribution is 2.27. The lowest BCUT2D eigenvalue weighted by atomic mass is 9.97. The van der Waals surface area contributed by atoms with Gasteiger partial charge < -0.3 is 29.2 Å². The van der Waals surface area contributed by atoms with Crippen molar-refractivity contribution >= 4 is 22.5 Å². The lowest BCUT2D eigenvalue weighted by Gasteiger charge is -2.13. The molecule has 0 amide bonds. The number of rotatable bonds is 17. The predicted molar refractivity (Wildman–Crippen MR) is 150 cm³/mol. The van der Waals surface area contributed by atoms with Gasteiger partial charge in [0.05, 0.1) is 32.3 Å². The molecule has 0 saturated carbocycles. The maximum absolute atomic E-state index is 11.8. The fraction of sp³-hybridized carbons (Fsp3) is 0.562. The molecule has 4 atom stereocenters. The van der Waals surface area contributed by atoms with Crippen LogP contribution in [0.1, 0.15) is 76.4 Å². The van der Waals surface area contributed by atoms with Crippen molar-refractivity contribution in [3.05, 3.63) is 48.0 Å². The first-order chi connectivity index (χ1) is 18.9. The second-order valence-electron chi connectivity index (χ2n) is 10.3. The molecule has 1 saturated heterocycles. The van der Waals surface area contributed by atoms with Crippen LogP contribution in [0, 0.1) is 17.8 Å². The zero-order valence-corrected chi connectivity index (χ0v) is 23.0. The van der Waals surface area contributed by atoms with Crippen LogP contribution >= 0.6 is 0 Å². The Kier molecular flexibility index (Phi) is 13.4. The average Bonchev–Trinajstić information content (AvgIpc) is 3.27. The summed E-state index contributed by atoms with van der Waals surface area (Å²) in [7, 11) is 0. The second-order valence-corrected chi connectivity index (χ2v) is 10.3. The van der Waals surface area contributed by atoms with Crippen LogP contribution in [-0.2, 0) is 23.8 Å². The molecule has 0 aliphatic carbocycles. The number of carbonyl (C=O) groups excluding carboxylic acids is 2. The van der Waals surface area contributed by atoms with Crippen molar-refractivity contribution < 1.29 is 34.0 Å². The monoisotopic (exact) mass is 538 g/mol. The van der Waals surface area contributed by atoms with Crippen LogP contribution in [0.3, 0.4) is 0 Å². The lowest BCUT2D eigenvalue weighted by molar-refractivity contribution is -0.145. The topological polar surface area (TPSA) is 102 Å². The molecule has 2 aromatic rings. The molecule has 0 radical (unpaired) electrons. The van der Waals surface area contributed by atoms with Gasteiger partial charge in [0.15, 0.2) is 0 Å². The molecule has 212 valence electrons. The van der Waals surface area contributed by atoms with E-state index in [4.69, 9.17) is 14.2 Å². The first-order valence-corrected chi connectivity index (χ1v) is 14.1. The summed E-state index contributed by atoms with van der Waals surface area (Å²) in [6.45, 7) is 2.47. The zero-order valence-electron chi connectivity index (χ0n) is 23.0. The van der Waals surface area contributed by atoms with Crippen LogP contribution in [0.4, 0.5) is 0 Å². The highest BCUT2D eigenvalue weighted by Gasteiger charge is 2.34. The third kappa shape index (κ3) is 11.5. The van der Waals surface area contributed by atoms with Crippen molar-refractivity contribution in [2.75, 3.05) is 26.4 Å². The van der Waals surface area contributed by atoms with Gasteiger partial charge in [0.2, 0.25) is 0 Å². The summed E-state index contributed by atoms with van der Waals surface area (Å²) in [6, 6.07) is 13.9. The number of benzene rings is 2. The van der Waals surface area contributed by atoms with Crippen LogP contribution in [0.2, 0.25) is 0 Å². The average molecular weight is 539 g/mol. The van der Waals surface area contributed by atoms with E-state index in [1.54, 1.807) is 0 Å². The number of ether oxygens (including phenoxy) is 3. The van der Waals surface area contributed by atoms with Gasteiger partial charge >= 0.3 is 5.97 Å². The van der Waals surface area contributed by atoms with Gasteiger partial charge in [-0.05, 0) is 55.0 Å². The third-order valence-electron chi connectivity index (χ3n) is 6.88. The predicted octanol–water partition coefficient (Wildman–Crippen LogP) is 4.91. The minimum Gasteiger partial charge on any atom is -0.462 e. The molecule has 7 heteroatoms. The Labute approximate surface area is 231 Å². The molecular weight excluding hydrogens is 496 g/mol. The molecule has 1 fully saturated rings. The maximum Gasteiger partial charge on any atom is 0.309 e. The molecule has 7 nitrogen and oxygen atoms in total. The van der Waals surface area contributed by atoms with Crippen LogP contribution in [0.25, 0.3) is 10.8 Å². The van der Waals surface area contributed by atoms with Gasteiger partial charge in [0, 0.05) is 12.8 Å². The number of ketones is 1. The van der Waals surface area contributed by atoms with Crippen LogP contribution in [0.5, 0.6) is 0 Å². The number of hydrogen-bond acceptors (Lipinski definition) is 7. The minimum atomic E-state index is -0.825. The number of hydrogen-bond donors (Lipinski definition) is 2. The largest absolute Gasteiger partial charge is 0.462 e. The summed E-state index contributed by atoms with van der Waals surface area (Å²) in [5, 5.41) is 22.5. The zero-order chi connectivity index (χ0) is 27.9. The van der Waals surface area contributed by atoms with E-state index < -0.39 is 12.2 Å². The number of fused-ring (bicyclic) bond motifs is 1. The molecule has 39 heavy (non-hydrogen) atoms. The fourth-order valence-corrected chi connectivity index (χ4v) is 4.78. The van der Waals surface area contributed by atoms with Gasteiger partial charge in [-0.25, -0.2) is 0 Å². The Morgan fingerprint density at radius 1 is 1.00 bits per heavy atom. The SMILES string of the molecule is CC(=O)CC1C[C@@H](CCCCCCCC#C[C@@H](O)COCCOC[C@@H](O)c2ccc3ccccc3c2)OC1=O. The van der Waals surface area contributed by atoms with E-state index in [1.165, 1.54) is 6.92 Å². The van der Waals surface area contributed by atoms with Gasteiger partial charge in [-0.1, -0.05) is 61.6 Å². The van der Waals surface area contributed by atoms with Crippen molar-refractivity contribution in [2.24, 2.45) is 5.92 Å². The highest BCUT2D eigenvalue weighted by atomic mass is 16.6. The van der Waals surface area contributed by atoms with E-state index in [9.17, 15) is 19.8 Å². The minimum absolute atomic E-state index is 0.0371. The van der Waals surface area contributed by atoms with Crippen molar-refractivity contribution in [3.8, 4) is 11.8 Å². The first-order valence-electron chi connectivity index (χ1n) is 14.1. The first kappa shape index (κ1) is 30.8. The molecule has 0 aromatic heterocycles. The van der Waals surface area contributed by atoms with Gasteiger partial charge in [0.1, 0.15) is 24.1 Å². The molecule has 0 bridgehead atoms. The van der Waals surface area contributed by atoms with Gasteiger partial charge in [0.25, 0.3) is 0 Å². The van der Waals surface area contributed by atoms with Crippen LogP contribution in [-0.4, -0.2) is 60.6 Å². The Morgan fingerprint density at radius 3 is 2.51 bits per heavy atom. The molecule has 0 spiro atoms. The van der Waals surface area contributed by atoms with Crippen molar-refractivity contribution in [3.63, 3.8) is 0 Å². The number of aliphatic hydroxyl groups is 2. The van der Waals surface area contributed by atoms with Crippen LogP contribution in [0.15, 0.2) is 42.5 Å². The number of unbranched alkanes of at least 4 members (excludes halogenated alkanes) is 5. The van der Waals surface area contributed by atoms with Gasteiger partial charge in [-0.3, -0.25) is 4.79 Å². The molecule has 2 aromatic carbocycles. The fourth-order valence-electron chi connectivity index (χ4n) is 4.78. The van der Waals surface area contributed by atoms with Crippen molar-refractivity contribution in [2.45, 2.75) is 83.0 Å². The summed E-state index contributed by atoms with van der Waals surface area (Å²) < 4.78 is 16.3. The summed E-state index contributed by atoms with van der Waals surface area (Å²) in [6.07, 6.45) is 6.24. The Bertz CT molecular complexity index is 1100. The van der Waals surface area contributed by atoms with E-state index in [1.807, 2.05) is 42.5 Å². The molecule has 3 rings (SSSR count). The summed E-state index contributed by atoms with van der Waals surface area (Å²) in [4.78, 5) is 23.0. The standard InChI is InChI=1S/C32H42O7/c1-24(33)19-28-21-30(39-32(28)36)14-8-6-4-2-3-5-7-13-29(34)22-37-17-18-38-23-31(35)27-16-15-25-11-9-10-12-26(25)20-27/h9-12,15-16,20,28-31,34-35H,2-6,8,14,17-19,21-23H2,1H3/t28?,29-,30-,31-/m1/s1. The number of esters is 1. The Morgan fingerprint density at radius 2 is 1.72 bits per heavy atom. The molecule has 1 heterocycles. The number of Topliss-reactive ketones (excluding diaryl/α,β-unsaturated/α-hetero) is 1. The van der Waals surface area contributed by atoms with E-state index in [0.29, 0.717) is 26.1 Å². The molecule has 1 aliphatic heterocycles. The van der Waals surface area contributed by atoms with Gasteiger partial charge in [-0.15, -0.1) is 5.92 Å². The lowest BCUT2D eigenvalue weighted by Crippen LogP contribution is -2.16. The van der Waals surface area contributed by atoms with E-state index >= 15 is 0 Å². The summed E-state index contributed by atoms with van der Waals surface area (Å²) in [5.74, 6) is 5.40. The smallest absolute Gasteiger partial charge is 0.309 e. The summed E-state index contributed by atoms with van der Waals surface area (Å²) >= 11 is 0. The second kappa shape index (κ2) is 17.0. The van der Waals surface area contributed by atoms with Crippen molar-refractivity contribution in [1.29, 1.82) is 0 Å². The normalized spacial score (nSPS) is 18.4. The molecular formula is C32H42O7. The summed E-state index contributed by atoms with van der Waals surface area (Å²) in [5.41, 5.74) is 0.817. The van der Waals surface area contributed by atoms with Crippen LogP contribution < -0.4 is 0 Å². The van der Waals surface area contributed by atoms with Gasteiger partial charge in [-0.2, -0.15) is 0 Å². The van der Waals surface area contributed by atoms with E-state index in [-0.39, 0.29) is 37.0 Å².